The minimum Gasteiger partial charge on any atom is -0.462 e. The molecule has 0 saturated carbocycles. The van der Waals surface area contributed by atoms with E-state index in [1.807, 2.05) is 0 Å². The summed E-state index contributed by atoms with van der Waals surface area (Å²) in [4.78, 5) is 38.3. The van der Waals surface area contributed by atoms with Gasteiger partial charge in [0.25, 0.3) is 0 Å². The van der Waals surface area contributed by atoms with Crippen LogP contribution in [0.5, 0.6) is 0 Å². The van der Waals surface area contributed by atoms with E-state index in [1.54, 1.807) is 0 Å². The van der Waals surface area contributed by atoms with Crippen LogP contribution in [-0.4, -0.2) is 37.2 Å². The molecule has 0 aromatic rings. The third-order valence-electron chi connectivity index (χ3n) is 14.4. The number of esters is 3. The minimum atomic E-state index is -0.791. The molecule has 0 saturated heterocycles. The molecule has 0 fully saturated rings. The van der Waals surface area contributed by atoms with E-state index < -0.39 is 6.10 Å². The van der Waals surface area contributed by atoms with Gasteiger partial charge in [-0.1, -0.05) is 290 Å². The van der Waals surface area contributed by atoms with Crippen molar-refractivity contribution in [2.45, 2.75) is 322 Å². The molecule has 0 aliphatic carbocycles. The molecule has 0 N–H and O–H groups in total. The summed E-state index contributed by atoms with van der Waals surface area (Å²) in [6.07, 6.45) is 95.0. The molecule has 0 radical (unpaired) electrons. The number of carbonyl (C=O) groups is 3. The lowest BCUT2D eigenvalue weighted by Gasteiger charge is -2.18. The summed E-state index contributed by atoms with van der Waals surface area (Å²) < 4.78 is 16.9. The Morgan fingerprint density at radius 3 is 0.802 bits per heavy atom. The monoisotopic (exact) mass is 1120 g/mol. The van der Waals surface area contributed by atoms with E-state index in [1.165, 1.54) is 154 Å². The van der Waals surface area contributed by atoms with Crippen LogP contribution in [0.3, 0.4) is 0 Å². The van der Waals surface area contributed by atoms with Crippen molar-refractivity contribution in [3.63, 3.8) is 0 Å². The van der Waals surface area contributed by atoms with E-state index in [0.29, 0.717) is 19.3 Å². The molecular formula is C75H126O6. The van der Waals surface area contributed by atoms with Crippen LogP contribution in [0, 0.1) is 0 Å². The van der Waals surface area contributed by atoms with Crippen LogP contribution in [0.25, 0.3) is 0 Å². The lowest BCUT2D eigenvalue weighted by atomic mass is 10.1. The average Bonchev–Trinajstić information content (AvgIpc) is 3.47. The molecule has 6 nitrogen and oxygen atoms in total. The number of rotatable bonds is 61. The summed E-state index contributed by atoms with van der Waals surface area (Å²) in [5, 5.41) is 0. The summed E-state index contributed by atoms with van der Waals surface area (Å²) in [5.41, 5.74) is 0. The third kappa shape index (κ3) is 66.5. The van der Waals surface area contributed by atoms with Gasteiger partial charge in [-0.15, -0.1) is 0 Å². The van der Waals surface area contributed by atoms with Gasteiger partial charge in [-0.3, -0.25) is 14.4 Å². The third-order valence-corrected chi connectivity index (χ3v) is 14.4. The number of hydrogen-bond donors (Lipinski definition) is 0. The predicted octanol–water partition coefficient (Wildman–Crippen LogP) is 23.6. The molecule has 0 spiro atoms. The molecule has 0 bridgehead atoms. The van der Waals surface area contributed by atoms with Crippen molar-refractivity contribution in [3.05, 3.63) is 122 Å². The molecule has 81 heavy (non-hydrogen) atoms. The Hall–Kier alpha value is -4.19. The molecule has 6 heteroatoms. The van der Waals surface area contributed by atoms with Gasteiger partial charge in [-0.2, -0.15) is 0 Å². The Morgan fingerprint density at radius 2 is 0.494 bits per heavy atom. The smallest absolute Gasteiger partial charge is 0.306 e. The van der Waals surface area contributed by atoms with E-state index in [0.717, 1.165) is 122 Å². The van der Waals surface area contributed by atoms with Gasteiger partial charge in [-0.25, -0.2) is 0 Å². The zero-order chi connectivity index (χ0) is 58.5. The maximum Gasteiger partial charge on any atom is 0.306 e. The van der Waals surface area contributed by atoms with Gasteiger partial charge >= 0.3 is 17.9 Å². The first-order valence-corrected chi connectivity index (χ1v) is 34.0. The van der Waals surface area contributed by atoms with Gasteiger partial charge in [0, 0.05) is 19.3 Å². The zero-order valence-corrected chi connectivity index (χ0v) is 53.0. The van der Waals surface area contributed by atoms with Gasteiger partial charge in [-0.05, 0) is 128 Å². The zero-order valence-electron chi connectivity index (χ0n) is 53.0. The van der Waals surface area contributed by atoms with Crippen LogP contribution in [-0.2, 0) is 28.6 Å². The SMILES string of the molecule is CC/C=C\C/C=C\C/C=C\C/C=C\C/C=C\C/C=C\CCCCCCCCCCCCC(=O)OCC(COC(=O)CCCCCCC/C=C\CCCC)OC(=O)CCCCCCCCCC/C=C\C/C=C\C/C=C\CCCCCCC. The predicted molar refractivity (Wildman–Crippen MR) is 353 cm³/mol. The number of hydrogen-bond acceptors (Lipinski definition) is 6. The first kappa shape index (κ1) is 76.8. The summed E-state index contributed by atoms with van der Waals surface area (Å²) in [6, 6.07) is 0. The molecule has 462 valence electrons. The van der Waals surface area contributed by atoms with Crippen LogP contribution in [0.1, 0.15) is 316 Å². The van der Waals surface area contributed by atoms with E-state index in [-0.39, 0.29) is 31.1 Å². The molecule has 1 atom stereocenters. The Labute approximate surface area is 501 Å². The van der Waals surface area contributed by atoms with Crippen molar-refractivity contribution in [2.75, 3.05) is 13.2 Å². The number of unbranched alkanes of at least 4 members (excludes halogenated alkanes) is 30. The molecule has 0 aliphatic rings. The standard InChI is InChI=1S/C75H126O6/c1-4-7-10-13-16-19-22-24-26-28-30-32-34-35-36-37-38-39-41-42-44-46-48-50-53-56-59-62-65-68-74(77)80-71-72(70-79-73(76)67-64-61-58-55-52-21-18-15-12-9-6-3)81-75(78)69-66-63-60-57-54-51-49-47-45-43-40-33-31-29-27-25-23-20-17-14-11-8-5-2/h7,10,15-16,18-19,23-26,29-32,35-36,38-40,43,72H,4-6,8-9,11-14,17,20-22,27-28,33-34,37,41-42,44-71H2,1-3H3/b10-7-,18-15-,19-16-,25-23-,26-24-,31-29-,32-30-,36-35-,39-38-,43-40-. The van der Waals surface area contributed by atoms with Crippen molar-refractivity contribution in [2.24, 2.45) is 0 Å². The van der Waals surface area contributed by atoms with Crippen LogP contribution in [0.4, 0.5) is 0 Å². The quantitative estimate of drug-likeness (QED) is 0.0261. The molecule has 0 heterocycles. The van der Waals surface area contributed by atoms with E-state index >= 15 is 0 Å². The molecule has 0 aromatic heterocycles. The molecule has 0 aromatic carbocycles. The summed E-state index contributed by atoms with van der Waals surface area (Å²) in [6.45, 7) is 6.48. The first-order chi connectivity index (χ1) is 40.0. The van der Waals surface area contributed by atoms with Gasteiger partial charge in [0.1, 0.15) is 13.2 Å². The summed E-state index contributed by atoms with van der Waals surface area (Å²) in [7, 11) is 0. The lowest BCUT2D eigenvalue weighted by Crippen LogP contribution is -2.30. The molecule has 0 rings (SSSR count). The Balaban J connectivity index is 4.29. The van der Waals surface area contributed by atoms with Crippen molar-refractivity contribution in [3.8, 4) is 0 Å². The number of ether oxygens (including phenoxy) is 3. The van der Waals surface area contributed by atoms with Gasteiger partial charge in [0.2, 0.25) is 0 Å². The second-order valence-electron chi connectivity index (χ2n) is 22.3. The summed E-state index contributed by atoms with van der Waals surface area (Å²) >= 11 is 0. The number of allylic oxidation sites excluding steroid dienone is 20. The van der Waals surface area contributed by atoms with Crippen LogP contribution < -0.4 is 0 Å². The van der Waals surface area contributed by atoms with Crippen LogP contribution >= 0.6 is 0 Å². The minimum absolute atomic E-state index is 0.0871. The molecule has 1 unspecified atom stereocenters. The van der Waals surface area contributed by atoms with Crippen molar-refractivity contribution >= 4 is 17.9 Å². The van der Waals surface area contributed by atoms with Gasteiger partial charge in [0.05, 0.1) is 0 Å². The molecule has 0 amide bonds. The highest BCUT2D eigenvalue weighted by Gasteiger charge is 2.19. The maximum absolute atomic E-state index is 12.9. The Morgan fingerprint density at radius 1 is 0.259 bits per heavy atom. The van der Waals surface area contributed by atoms with E-state index in [4.69, 9.17) is 14.2 Å². The van der Waals surface area contributed by atoms with Gasteiger partial charge in [0.15, 0.2) is 6.10 Å². The van der Waals surface area contributed by atoms with Gasteiger partial charge < -0.3 is 14.2 Å². The van der Waals surface area contributed by atoms with Crippen molar-refractivity contribution < 1.29 is 28.6 Å². The van der Waals surface area contributed by atoms with Crippen molar-refractivity contribution in [1.82, 2.24) is 0 Å². The molecule has 0 aliphatic heterocycles. The fourth-order valence-electron chi connectivity index (χ4n) is 9.32. The van der Waals surface area contributed by atoms with E-state index in [2.05, 4.69) is 142 Å². The Kier molecular flexibility index (Phi) is 64.8. The highest BCUT2D eigenvalue weighted by Crippen LogP contribution is 2.16. The second-order valence-corrected chi connectivity index (χ2v) is 22.3. The largest absolute Gasteiger partial charge is 0.462 e. The number of carbonyl (C=O) groups excluding carboxylic acids is 3. The highest BCUT2D eigenvalue weighted by atomic mass is 16.6. The second kappa shape index (κ2) is 68.3. The first-order valence-electron chi connectivity index (χ1n) is 34.0. The summed E-state index contributed by atoms with van der Waals surface area (Å²) in [5.74, 6) is -0.901. The van der Waals surface area contributed by atoms with E-state index in [9.17, 15) is 14.4 Å². The lowest BCUT2D eigenvalue weighted by molar-refractivity contribution is -0.167. The fourth-order valence-corrected chi connectivity index (χ4v) is 9.32. The maximum atomic E-state index is 12.9. The normalized spacial score (nSPS) is 12.9. The topological polar surface area (TPSA) is 78.9 Å². The average molecular weight is 1120 g/mol. The Bertz CT molecular complexity index is 1670. The van der Waals surface area contributed by atoms with Crippen LogP contribution in [0.2, 0.25) is 0 Å². The molecular weight excluding hydrogens is 997 g/mol. The highest BCUT2D eigenvalue weighted by molar-refractivity contribution is 5.71. The van der Waals surface area contributed by atoms with Crippen molar-refractivity contribution in [1.29, 1.82) is 0 Å². The fraction of sp³-hybridized carbons (Fsp3) is 0.693. The van der Waals surface area contributed by atoms with Crippen LogP contribution in [0.15, 0.2) is 122 Å².